The fourth-order valence-electron chi connectivity index (χ4n) is 2.77. The Kier molecular flexibility index (Phi) is 4.38. The van der Waals surface area contributed by atoms with Gasteiger partial charge < -0.3 is 24.8 Å². The molecular weight excluding hydrogens is 296 g/mol. The van der Waals surface area contributed by atoms with Crippen molar-refractivity contribution in [2.24, 2.45) is 5.92 Å². The Morgan fingerprint density at radius 2 is 1.96 bits per heavy atom. The van der Waals surface area contributed by atoms with E-state index in [1.807, 2.05) is 6.07 Å². The molecular formula is C16H22N4O3. The van der Waals surface area contributed by atoms with Crippen molar-refractivity contribution in [2.45, 2.75) is 6.92 Å². The molecule has 1 unspecified atom stereocenters. The molecule has 1 fully saturated rings. The first-order valence-electron chi connectivity index (χ1n) is 7.64. The van der Waals surface area contributed by atoms with Crippen LogP contribution < -0.4 is 20.1 Å². The Morgan fingerprint density at radius 3 is 2.70 bits per heavy atom. The minimum Gasteiger partial charge on any atom is -0.493 e. The summed E-state index contributed by atoms with van der Waals surface area (Å²) in [5.41, 5.74) is 6.89. The lowest BCUT2D eigenvalue weighted by molar-refractivity contribution is 0.129. The van der Waals surface area contributed by atoms with Gasteiger partial charge >= 0.3 is 0 Å². The van der Waals surface area contributed by atoms with Gasteiger partial charge in [0.2, 0.25) is 5.95 Å². The van der Waals surface area contributed by atoms with Crippen LogP contribution >= 0.6 is 0 Å². The normalized spacial score (nSPS) is 18.7. The average Bonchev–Trinajstić information content (AvgIpc) is 2.78. The Balaban J connectivity index is 2.05. The molecule has 2 aromatic rings. The van der Waals surface area contributed by atoms with E-state index in [-0.39, 0.29) is 0 Å². The molecule has 7 heteroatoms. The molecule has 0 aliphatic carbocycles. The van der Waals surface area contributed by atoms with E-state index in [1.54, 1.807) is 20.3 Å². The Hall–Kier alpha value is -2.28. The third-order valence-electron chi connectivity index (χ3n) is 3.94. The molecule has 1 aromatic heterocycles. The Bertz CT molecular complexity index is 707. The molecule has 0 spiro atoms. The number of anilines is 2. The molecule has 1 atom stereocenters. The summed E-state index contributed by atoms with van der Waals surface area (Å²) in [7, 11) is 3.19. The lowest BCUT2D eigenvalue weighted by atomic mass is 10.2. The van der Waals surface area contributed by atoms with Crippen molar-refractivity contribution < 1.29 is 14.2 Å². The summed E-state index contributed by atoms with van der Waals surface area (Å²) in [6.45, 7) is 5.17. The quantitative estimate of drug-likeness (QED) is 0.922. The molecule has 1 aromatic carbocycles. The van der Waals surface area contributed by atoms with E-state index in [4.69, 9.17) is 19.9 Å². The van der Waals surface area contributed by atoms with Crippen LogP contribution in [0.3, 0.4) is 0 Å². The van der Waals surface area contributed by atoms with Crippen LogP contribution in [-0.4, -0.2) is 50.5 Å². The number of methoxy groups -OCH3 is 2. The number of nitrogen functional groups attached to an aromatic ring is 1. The number of rotatable bonds is 3. The van der Waals surface area contributed by atoms with Crippen LogP contribution in [-0.2, 0) is 4.74 Å². The highest BCUT2D eigenvalue weighted by Gasteiger charge is 2.19. The third kappa shape index (κ3) is 3.10. The number of aromatic nitrogens is 2. The lowest BCUT2D eigenvalue weighted by Crippen LogP contribution is -2.30. The van der Waals surface area contributed by atoms with E-state index >= 15 is 0 Å². The maximum absolute atomic E-state index is 6.15. The van der Waals surface area contributed by atoms with Gasteiger partial charge in [-0.3, -0.25) is 0 Å². The highest BCUT2D eigenvalue weighted by Crippen LogP contribution is 2.34. The van der Waals surface area contributed by atoms with Crippen LogP contribution in [0.25, 0.3) is 10.9 Å². The van der Waals surface area contributed by atoms with Gasteiger partial charge in [-0.15, -0.1) is 0 Å². The number of nitrogens with two attached hydrogens (primary N) is 1. The van der Waals surface area contributed by atoms with E-state index in [0.717, 1.165) is 30.6 Å². The fourth-order valence-corrected chi connectivity index (χ4v) is 2.77. The zero-order valence-corrected chi connectivity index (χ0v) is 13.7. The van der Waals surface area contributed by atoms with Crippen LogP contribution in [0.5, 0.6) is 11.5 Å². The van der Waals surface area contributed by atoms with Crippen LogP contribution in [0.4, 0.5) is 11.8 Å². The molecule has 124 valence electrons. The van der Waals surface area contributed by atoms with Crippen molar-refractivity contribution in [1.29, 1.82) is 0 Å². The van der Waals surface area contributed by atoms with Crippen LogP contribution in [0.15, 0.2) is 12.1 Å². The molecule has 0 amide bonds. The fraction of sp³-hybridized carbons (Fsp3) is 0.500. The van der Waals surface area contributed by atoms with Crippen molar-refractivity contribution >= 4 is 22.7 Å². The van der Waals surface area contributed by atoms with E-state index in [2.05, 4.69) is 21.8 Å². The van der Waals surface area contributed by atoms with Crippen LogP contribution in [0, 0.1) is 5.92 Å². The van der Waals surface area contributed by atoms with Crippen molar-refractivity contribution in [1.82, 2.24) is 9.97 Å². The molecule has 1 saturated heterocycles. The van der Waals surface area contributed by atoms with Gasteiger partial charge in [0.15, 0.2) is 11.5 Å². The van der Waals surface area contributed by atoms with Gasteiger partial charge in [-0.25, -0.2) is 4.98 Å². The summed E-state index contributed by atoms with van der Waals surface area (Å²) < 4.78 is 16.2. The number of hydrogen-bond acceptors (Lipinski definition) is 7. The van der Waals surface area contributed by atoms with Gasteiger partial charge in [-0.05, 0) is 12.0 Å². The number of hydrogen-bond donors (Lipinski definition) is 1. The number of nitrogens with zero attached hydrogens (tertiary/aromatic N) is 3. The van der Waals surface area contributed by atoms with Crippen molar-refractivity contribution in [2.75, 3.05) is 51.2 Å². The Morgan fingerprint density at radius 1 is 1.22 bits per heavy atom. The molecule has 3 rings (SSSR count). The maximum atomic E-state index is 6.15. The predicted octanol–water partition coefficient (Wildman–Crippen LogP) is 1.70. The minimum atomic E-state index is 0.420. The van der Waals surface area contributed by atoms with Gasteiger partial charge in [0.1, 0.15) is 5.82 Å². The number of fused-ring (bicyclic) bond motifs is 1. The lowest BCUT2D eigenvalue weighted by Gasteiger charge is -2.22. The molecule has 0 saturated carbocycles. The maximum Gasteiger partial charge on any atom is 0.227 e. The van der Waals surface area contributed by atoms with Gasteiger partial charge in [0, 0.05) is 24.5 Å². The van der Waals surface area contributed by atoms with E-state index < -0.39 is 0 Å². The third-order valence-corrected chi connectivity index (χ3v) is 3.94. The Labute approximate surface area is 135 Å². The predicted molar refractivity (Wildman–Crippen MR) is 89.3 cm³/mol. The van der Waals surface area contributed by atoms with Gasteiger partial charge in [0.25, 0.3) is 0 Å². The molecule has 2 N–H and O–H groups in total. The second-order valence-corrected chi connectivity index (χ2v) is 5.76. The standard InChI is InChI=1S/C16H22N4O3/c1-10-8-20(4-5-23-9-10)16-18-12-7-14(22-3)13(21-2)6-11(12)15(17)19-16/h6-7,10H,4-5,8-9H2,1-3H3,(H2,17,18,19). The molecule has 1 aliphatic rings. The molecule has 1 aliphatic heterocycles. The highest BCUT2D eigenvalue weighted by molar-refractivity contribution is 5.91. The average molecular weight is 318 g/mol. The summed E-state index contributed by atoms with van der Waals surface area (Å²) in [6.07, 6.45) is 0. The van der Waals surface area contributed by atoms with E-state index in [9.17, 15) is 0 Å². The summed E-state index contributed by atoms with van der Waals surface area (Å²) in [5.74, 6) is 2.71. The topological polar surface area (TPSA) is 82.7 Å². The van der Waals surface area contributed by atoms with Crippen molar-refractivity contribution in [3.63, 3.8) is 0 Å². The molecule has 0 bridgehead atoms. The van der Waals surface area contributed by atoms with Gasteiger partial charge in [0.05, 0.1) is 33.0 Å². The first kappa shape index (κ1) is 15.6. The number of benzene rings is 1. The van der Waals surface area contributed by atoms with Gasteiger partial charge in [-0.2, -0.15) is 4.98 Å². The van der Waals surface area contributed by atoms with Gasteiger partial charge in [-0.1, -0.05) is 6.92 Å². The second kappa shape index (κ2) is 6.45. The summed E-state index contributed by atoms with van der Waals surface area (Å²) in [6, 6.07) is 3.63. The monoisotopic (exact) mass is 318 g/mol. The summed E-state index contributed by atoms with van der Waals surface area (Å²) in [5, 5.41) is 0.755. The first-order valence-corrected chi connectivity index (χ1v) is 7.64. The largest absolute Gasteiger partial charge is 0.493 e. The van der Waals surface area contributed by atoms with E-state index in [1.165, 1.54) is 0 Å². The molecule has 0 radical (unpaired) electrons. The first-order chi connectivity index (χ1) is 11.1. The van der Waals surface area contributed by atoms with Crippen molar-refractivity contribution in [3.05, 3.63) is 12.1 Å². The SMILES string of the molecule is COc1cc2nc(N3CCOCC(C)C3)nc(N)c2cc1OC. The summed E-state index contributed by atoms with van der Waals surface area (Å²) in [4.78, 5) is 11.3. The van der Waals surface area contributed by atoms with Crippen molar-refractivity contribution in [3.8, 4) is 11.5 Å². The molecule has 23 heavy (non-hydrogen) atoms. The molecule has 7 nitrogen and oxygen atoms in total. The molecule has 2 heterocycles. The zero-order valence-electron chi connectivity index (χ0n) is 13.7. The minimum absolute atomic E-state index is 0.420. The summed E-state index contributed by atoms with van der Waals surface area (Å²) >= 11 is 0. The van der Waals surface area contributed by atoms with E-state index in [0.29, 0.717) is 35.8 Å². The van der Waals surface area contributed by atoms with Crippen LogP contribution in [0.2, 0.25) is 0 Å². The smallest absolute Gasteiger partial charge is 0.227 e. The second-order valence-electron chi connectivity index (χ2n) is 5.76. The van der Waals surface area contributed by atoms with Crippen LogP contribution in [0.1, 0.15) is 6.92 Å². The highest BCUT2D eigenvalue weighted by atomic mass is 16.5. The zero-order chi connectivity index (χ0) is 16.4. The number of ether oxygens (including phenoxy) is 3.